The van der Waals surface area contributed by atoms with Crippen LogP contribution in [0.2, 0.25) is 0 Å². The lowest BCUT2D eigenvalue weighted by molar-refractivity contribution is -0.137. The number of nitrogens with zero attached hydrogens (tertiary/aromatic N) is 1. The van der Waals surface area contributed by atoms with Crippen molar-refractivity contribution in [2.75, 3.05) is 11.6 Å². The van der Waals surface area contributed by atoms with Crippen LogP contribution in [0.1, 0.15) is 32.1 Å². The number of rotatable bonds is 1. The summed E-state index contributed by atoms with van der Waals surface area (Å²) in [6, 6.07) is 1.25. The third-order valence-corrected chi connectivity index (χ3v) is 4.90. The van der Waals surface area contributed by atoms with Gasteiger partial charge in [0, 0.05) is 23.7 Å². The van der Waals surface area contributed by atoms with E-state index in [0.717, 1.165) is 11.6 Å². The van der Waals surface area contributed by atoms with Crippen molar-refractivity contribution in [2.24, 2.45) is 0 Å². The largest absolute Gasteiger partial charge is 0.335 e. The topological polar surface area (TPSA) is 32.3 Å². The second-order valence-electron chi connectivity index (χ2n) is 4.83. The van der Waals surface area contributed by atoms with Crippen LogP contribution < -0.4 is 5.32 Å². The summed E-state index contributed by atoms with van der Waals surface area (Å²) in [5.41, 5.74) is 0. The Morgan fingerprint density at radius 1 is 1.19 bits per heavy atom. The van der Waals surface area contributed by atoms with E-state index in [1.54, 1.807) is 0 Å². The molecule has 5 heteroatoms. The Kier molecular flexibility index (Phi) is 4.03. The minimum absolute atomic E-state index is 0. The molecule has 3 atom stereocenters. The zero-order chi connectivity index (χ0) is 10.3. The third-order valence-electron chi connectivity index (χ3n) is 3.96. The Balaban J connectivity index is 0.000000963. The lowest BCUT2D eigenvalue weighted by Crippen LogP contribution is -2.51. The normalized spacial score (nSPS) is 37.2. The quantitative estimate of drug-likeness (QED) is 0.779. The van der Waals surface area contributed by atoms with Crippen LogP contribution in [-0.4, -0.2) is 40.6 Å². The van der Waals surface area contributed by atoms with Crippen LogP contribution in [0.15, 0.2) is 0 Å². The van der Waals surface area contributed by atoms with Gasteiger partial charge in [0.05, 0.1) is 6.04 Å². The van der Waals surface area contributed by atoms with Crippen molar-refractivity contribution in [2.45, 2.75) is 50.2 Å². The predicted octanol–water partition coefficient (Wildman–Crippen LogP) is 1.61. The molecular weight excluding hydrogens is 244 g/mol. The molecule has 0 aliphatic carbocycles. The van der Waals surface area contributed by atoms with Gasteiger partial charge >= 0.3 is 0 Å². The van der Waals surface area contributed by atoms with Gasteiger partial charge in [0.2, 0.25) is 5.91 Å². The summed E-state index contributed by atoms with van der Waals surface area (Å²) in [6.07, 6.45) is 6.29. The summed E-state index contributed by atoms with van der Waals surface area (Å²) < 4.78 is 0. The molecule has 1 N–H and O–H groups in total. The molecule has 3 aliphatic rings. The molecule has 2 bridgehead atoms. The van der Waals surface area contributed by atoms with Crippen LogP contribution in [0.4, 0.5) is 0 Å². The van der Waals surface area contributed by atoms with E-state index in [2.05, 4.69) is 10.2 Å². The van der Waals surface area contributed by atoms with Gasteiger partial charge in [-0.1, -0.05) is 0 Å². The fraction of sp³-hybridized carbons (Fsp3) is 0.909. The SMILES string of the molecule is Cl.O=C([C@H]1CSCN1)N1C2CCCC1CC2. The minimum Gasteiger partial charge on any atom is -0.335 e. The molecule has 3 heterocycles. The van der Waals surface area contributed by atoms with Crippen molar-refractivity contribution in [3.63, 3.8) is 0 Å². The van der Waals surface area contributed by atoms with Crippen molar-refractivity contribution in [1.82, 2.24) is 10.2 Å². The molecule has 3 saturated heterocycles. The zero-order valence-corrected chi connectivity index (χ0v) is 11.0. The molecule has 0 aromatic heterocycles. The summed E-state index contributed by atoms with van der Waals surface area (Å²) in [7, 11) is 0. The number of carbonyl (C=O) groups is 1. The van der Waals surface area contributed by atoms with E-state index < -0.39 is 0 Å². The maximum Gasteiger partial charge on any atom is 0.241 e. The molecular formula is C11H19ClN2OS. The number of halogens is 1. The van der Waals surface area contributed by atoms with Gasteiger partial charge in [0.15, 0.2) is 0 Å². The molecule has 92 valence electrons. The van der Waals surface area contributed by atoms with Gasteiger partial charge < -0.3 is 4.90 Å². The lowest BCUT2D eigenvalue weighted by atomic mass is 10.0. The van der Waals surface area contributed by atoms with Crippen LogP contribution in [0.5, 0.6) is 0 Å². The second-order valence-corrected chi connectivity index (χ2v) is 5.86. The Bertz CT molecular complexity index is 255. The van der Waals surface area contributed by atoms with E-state index >= 15 is 0 Å². The first kappa shape index (κ1) is 12.5. The predicted molar refractivity (Wildman–Crippen MR) is 69.0 cm³/mol. The summed E-state index contributed by atoms with van der Waals surface area (Å²) in [6.45, 7) is 0. The highest BCUT2D eigenvalue weighted by Crippen LogP contribution is 2.36. The fourth-order valence-electron chi connectivity index (χ4n) is 3.21. The van der Waals surface area contributed by atoms with Crippen molar-refractivity contribution >= 4 is 30.1 Å². The maximum absolute atomic E-state index is 12.3. The number of fused-ring (bicyclic) bond motifs is 2. The van der Waals surface area contributed by atoms with Gasteiger partial charge in [-0.15, -0.1) is 24.2 Å². The Morgan fingerprint density at radius 2 is 1.88 bits per heavy atom. The van der Waals surface area contributed by atoms with Gasteiger partial charge in [-0.25, -0.2) is 0 Å². The molecule has 3 fully saturated rings. The first-order valence-corrected chi connectivity index (χ1v) is 7.15. The molecule has 0 aromatic rings. The van der Waals surface area contributed by atoms with Crippen LogP contribution in [0, 0.1) is 0 Å². The number of carbonyl (C=O) groups excluding carboxylic acids is 1. The molecule has 0 spiro atoms. The van der Waals surface area contributed by atoms with Crippen LogP contribution in [0.3, 0.4) is 0 Å². The van der Waals surface area contributed by atoms with Crippen LogP contribution in [0.25, 0.3) is 0 Å². The summed E-state index contributed by atoms with van der Waals surface area (Å²) in [4.78, 5) is 14.5. The second kappa shape index (κ2) is 5.15. The average molecular weight is 263 g/mol. The standard InChI is InChI=1S/C11H18N2OS.ClH/c14-11(10-6-15-7-12-10)13-8-2-1-3-9(13)5-4-8;/h8-10,12H,1-7H2;1H/t8?,9?,10-;/m1./s1. The molecule has 0 saturated carbocycles. The average Bonchev–Trinajstić information content (AvgIpc) is 2.85. The molecule has 0 radical (unpaired) electrons. The number of hydrogen-bond acceptors (Lipinski definition) is 3. The third kappa shape index (κ3) is 2.07. The molecule has 3 nitrogen and oxygen atoms in total. The highest BCUT2D eigenvalue weighted by molar-refractivity contribution is 7.99. The molecule has 1 amide bonds. The van der Waals surface area contributed by atoms with Crippen molar-refractivity contribution in [1.29, 1.82) is 0 Å². The fourth-order valence-corrected chi connectivity index (χ4v) is 4.14. The van der Waals surface area contributed by atoms with E-state index in [1.165, 1.54) is 32.1 Å². The molecule has 16 heavy (non-hydrogen) atoms. The van der Waals surface area contributed by atoms with Crippen molar-refractivity contribution in [3.8, 4) is 0 Å². The number of piperidine rings is 1. The summed E-state index contributed by atoms with van der Waals surface area (Å²) >= 11 is 1.84. The zero-order valence-electron chi connectivity index (χ0n) is 9.35. The molecule has 0 aromatic carbocycles. The van der Waals surface area contributed by atoms with Crippen molar-refractivity contribution in [3.05, 3.63) is 0 Å². The Labute approximate surface area is 107 Å². The van der Waals surface area contributed by atoms with E-state index in [9.17, 15) is 4.79 Å². The van der Waals surface area contributed by atoms with Crippen LogP contribution in [-0.2, 0) is 4.79 Å². The highest BCUT2D eigenvalue weighted by atomic mass is 35.5. The highest BCUT2D eigenvalue weighted by Gasteiger charge is 2.42. The first-order chi connectivity index (χ1) is 7.36. The smallest absolute Gasteiger partial charge is 0.241 e. The monoisotopic (exact) mass is 262 g/mol. The van der Waals surface area contributed by atoms with E-state index in [0.29, 0.717) is 18.0 Å². The Hall–Kier alpha value is 0.0700. The van der Waals surface area contributed by atoms with Gasteiger partial charge in [-0.05, 0) is 32.1 Å². The van der Waals surface area contributed by atoms with E-state index in [1.807, 2.05) is 11.8 Å². The van der Waals surface area contributed by atoms with Crippen LogP contribution >= 0.6 is 24.2 Å². The van der Waals surface area contributed by atoms with Gasteiger partial charge in [0.25, 0.3) is 0 Å². The van der Waals surface area contributed by atoms with Crippen molar-refractivity contribution < 1.29 is 4.79 Å². The number of thioether (sulfide) groups is 1. The number of nitrogens with one attached hydrogen (secondary N) is 1. The molecule has 3 aliphatic heterocycles. The van der Waals surface area contributed by atoms with Gasteiger partial charge in [-0.3, -0.25) is 10.1 Å². The molecule has 3 rings (SSSR count). The van der Waals surface area contributed by atoms with Gasteiger partial charge in [-0.2, -0.15) is 0 Å². The first-order valence-electron chi connectivity index (χ1n) is 5.99. The maximum atomic E-state index is 12.3. The number of amides is 1. The minimum atomic E-state index is 0. The number of hydrogen-bond donors (Lipinski definition) is 1. The van der Waals surface area contributed by atoms with E-state index in [4.69, 9.17) is 0 Å². The lowest BCUT2D eigenvalue weighted by Gasteiger charge is -2.36. The summed E-state index contributed by atoms with van der Waals surface area (Å²) in [5.74, 6) is 2.29. The molecule has 2 unspecified atom stereocenters. The van der Waals surface area contributed by atoms with Gasteiger partial charge in [0.1, 0.15) is 0 Å². The Morgan fingerprint density at radius 3 is 2.44 bits per heavy atom. The summed E-state index contributed by atoms with van der Waals surface area (Å²) in [5, 5.41) is 3.29. The van der Waals surface area contributed by atoms with E-state index in [-0.39, 0.29) is 18.4 Å².